The van der Waals surface area contributed by atoms with E-state index in [0.29, 0.717) is 28.4 Å². The van der Waals surface area contributed by atoms with Gasteiger partial charge in [0.15, 0.2) is 0 Å². The summed E-state index contributed by atoms with van der Waals surface area (Å²) in [5.41, 5.74) is 0.892. The zero-order chi connectivity index (χ0) is 28.0. The molecule has 4 aliphatic carbocycles. The second kappa shape index (κ2) is 11.0. The summed E-state index contributed by atoms with van der Waals surface area (Å²) in [7, 11) is -2.34. The molecule has 9 atom stereocenters. The van der Waals surface area contributed by atoms with Gasteiger partial charge in [-0.1, -0.05) is 47.0 Å². The molecule has 1 aromatic rings. The number of benzene rings is 1. The van der Waals surface area contributed by atoms with Crippen molar-refractivity contribution in [3.63, 3.8) is 0 Å². The first-order chi connectivity index (χ1) is 18.5. The summed E-state index contributed by atoms with van der Waals surface area (Å²) in [5, 5.41) is 0. The molecule has 6 heteroatoms. The van der Waals surface area contributed by atoms with Gasteiger partial charge in [0.2, 0.25) is 5.91 Å². The molecule has 1 aromatic carbocycles. The molecule has 3 unspecified atom stereocenters. The highest BCUT2D eigenvalue weighted by atomic mass is 32.2. The minimum absolute atomic E-state index is 0.0828. The average molecular weight is 558 g/mol. The van der Waals surface area contributed by atoms with Crippen LogP contribution in [0.4, 0.5) is 0 Å². The van der Waals surface area contributed by atoms with Crippen LogP contribution < -0.4 is 9.46 Å². The second-order valence-electron chi connectivity index (χ2n) is 14.1. The summed E-state index contributed by atoms with van der Waals surface area (Å²) in [4.78, 5) is 12.8. The van der Waals surface area contributed by atoms with Gasteiger partial charge in [-0.25, -0.2) is 13.1 Å². The van der Waals surface area contributed by atoms with Gasteiger partial charge < -0.3 is 4.74 Å². The third-order valence-electron chi connectivity index (χ3n) is 12.5. The molecular weight excluding hydrogens is 506 g/mol. The Morgan fingerprint density at radius 3 is 2.41 bits per heavy atom. The largest absolute Gasteiger partial charge is 0.497 e. The Morgan fingerprint density at radius 2 is 1.72 bits per heavy atom. The monoisotopic (exact) mass is 557 g/mol. The quantitative estimate of drug-likeness (QED) is 0.357. The molecule has 4 saturated carbocycles. The number of amides is 1. The molecule has 4 aliphatic rings. The highest BCUT2D eigenvalue weighted by Gasteiger charge is 2.61. The molecular formula is C33H51NO4S. The molecule has 0 spiro atoms. The lowest BCUT2D eigenvalue weighted by Crippen LogP contribution is -2.55. The smallest absolute Gasteiger partial charge is 0.264 e. The molecule has 0 aromatic heterocycles. The molecule has 0 heterocycles. The molecule has 1 N–H and O–H groups in total. The van der Waals surface area contributed by atoms with Crippen molar-refractivity contribution in [2.24, 2.45) is 52.3 Å². The SMILES string of the molecule is CC[C@H]1CC2C3CC[C@H]([C@H](C)CCC(=O)NS(=O)(=O)c4ccc(OC)cc4)[C@@]3(C)CCC2[C@@]2(C)CCCC[C@@H]12. The van der Waals surface area contributed by atoms with E-state index in [2.05, 4.69) is 32.4 Å². The maximum absolute atomic E-state index is 12.7. The van der Waals surface area contributed by atoms with Gasteiger partial charge in [-0.2, -0.15) is 0 Å². The third-order valence-corrected chi connectivity index (χ3v) is 13.9. The van der Waals surface area contributed by atoms with E-state index >= 15 is 0 Å². The fourth-order valence-corrected chi connectivity index (χ4v) is 11.6. The fourth-order valence-electron chi connectivity index (χ4n) is 10.6. The van der Waals surface area contributed by atoms with E-state index in [-0.39, 0.29) is 11.3 Å². The lowest BCUT2D eigenvalue weighted by atomic mass is 9.42. The minimum atomic E-state index is -3.87. The van der Waals surface area contributed by atoms with Crippen LogP contribution >= 0.6 is 0 Å². The van der Waals surface area contributed by atoms with E-state index in [4.69, 9.17) is 4.74 Å². The van der Waals surface area contributed by atoms with Crippen LogP contribution in [-0.4, -0.2) is 21.4 Å². The summed E-state index contributed by atoms with van der Waals surface area (Å²) in [6.45, 7) is 9.99. The van der Waals surface area contributed by atoms with Gasteiger partial charge in [-0.3, -0.25) is 4.79 Å². The second-order valence-corrected chi connectivity index (χ2v) is 15.8. The first-order valence-electron chi connectivity index (χ1n) is 15.7. The average Bonchev–Trinajstić information content (AvgIpc) is 3.28. The van der Waals surface area contributed by atoms with Gasteiger partial charge in [-0.15, -0.1) is 0 Å². The summed E-state index contributed by atoms with van der Waals surface area (Å²) in [6, 6.07) is 6.13. The number of hydrogen-bond donors (Lipinski definition) is 1. The number of carbonyl (C=O) groups is 1. The molecule has 218 valence electrons. The Morgan fingerprint density at radius 1 is 1.00 bits per heavy atom. The molecule has 39 heavy (non-hydrogen) atoms. The van der Waals surface area contributed by atoms with Gasteiger partial charge in [0, 0.05) is 6.42 Å². The number of ether oxygens (including phenoxy) is 1. The number of methoxy groups -OCH3 is 1. The molecule has 0 aliphatic heterocycles. The summed E-state index contributed by atoms with van der Waals surface area (Å²) in [5.74, 6) is 5.60. The summed E-state index contributed by atoms with van der Waals surface area (Å²) < 4.78 is 32.8. The number of rotatable bonds is 8. The van der Waals surface area contributed by atoms with Gasteiger partial charge in [0.25, 0.3) is 10.0 Å². The van der Waals surface area contributed by atoms with Crippen LogP contribution in [0.15, 0.2) is 29.2 Å². The Labute approximate surface area is 237 Å². The van der Waals surface area contributed by atoms with E-state index in [1.165, 1.54) is 83.5 Å². The van der Waals surface area contributed by atoms with E-state index < -0.39 is 15.9 Å². The van der Waals surface area contributed by atoms with E-state index in [9.17, 15) is 13.2 Å². The van der Waals surface area contributed by atoms with Crippen LogP contribution in [0, 0.1) is 52.3 Å². The Bertz CT molecular complexity index is 1130. The third kappa shape index (κ3) is 5.17. The predicted molar refractivity (Wildman–Crippen MR) is 156 cm³/mol. The van der Waals surface area contributed by atoms with Gasteiger partial charge in [-0.05, 0) is 128 Å². The number of carbonyl (C=O) groups excluding carboxylic acids is 1. The highest BCUT2D eigenvalue weighted by Crippen LogP contribution is 2.69. The number of hydrogen-bond acceptors (Lipinski definition) is 4. The van der Waals surface area contributed by atoms with Crippen LogP contribution in [0.5, 0.6) is 5.75 Å². The van der Waals surface area contributed by atoms with Crippen molar-refractivity contribution in [3.8, 4) is 5.75 Å². The van der Waals surface area contributed by atoms with Crippen molar-refractivity contribution in [3.05, 3.63) is 24.3 Å². The van der Waals surface area contributed by atoms with Crippen molar-refractivity contribution < 1.29 is 17.9 Å². The van der Waals surface area contributed by atoms with Crippen molar-refractivity contribution in [1.82, 2.24) is 4.72 Å². The van der Waals surface area contributed by atoms with Crippen LogP contribution in [0.25, 0.3) is 0 Å². The summed E-state index contributed by atoms with van der Waals surface area (Å²) >= 11 is 0. The molecule has 1 amide bonds. The maximum atomic E-state index is 12.7. The molecule has 5 nitrogen and oxygen atoms in total. The van der Waals surface area contributed by atoms with Crippen LogP contribution in [0.1, 0.15) is 105 Å². The maximum Gasteiger partial charge on any atom is 0.264 e. The Balaban J connectivity index is 1.22. The van der Waals surface area contributed by atoms with Crippen LogP contribution in [-0.2, 0) is 14.8 Å². The van der Waals surface area contributed by atoms with E-state index in [1.807, 2.05) is 0 Å². The fraction of sp³-hybridized carbons (Fsp3) is 0.788. The number of sulfonamides is 1. The topological polar surface area (TPSA) is 72.5 Å². The number of nitrogens with one attached hydrogen (secondary N) is 1. The first kappa shape index (κ1) is 29.0. The van der Waals surface area contributed by atoms with Crippen molar-refractivity contribution >= 4 is 15.9 Å². The van der Waals surface area contributed by atoms with E-state index in [1.54, 1.807) is 12.1 Å². The van der Waals surface area contributed by atoms with E-state index in [0.717, 1.165) is 36.0 Å². The van der Waals surface area contributed by atoms with Gasteiger partial charge >= 0.3 is 0 Å². The lowest BCUT2D eigenvalue weighted by molar-refractivity contribution is -0.138. The zero-order valence-corrected chi connectivity index (χ0v) is 25.7. The van der Waals surface area contributed by atoms with Gasteiger partial charge in [0.1, 0.15) is 5.75 Å². The van der Waals surface area contributed by atoms with Crippen molar-refractivity contribution in [2.45, 2.75) is 110 Å². The van der Waals surface area contributed by atoms with Crippen LogP contribution in [0.2, 0.25) is 0 Å². The first-order valence-corrected chi connectivity index (χ1v) is 17.2. The predicted octanol–water partition coefficient (Wildman–Crippen LogP) is 7.60. The van der Waals surface area contributed by atoms with Crippen molar-refractivity contribution in [1.29, 1.82) is 0 Å². The normalized spacial score (nSPS) is 38.7. The Hall–Kier alpha value is -1.56. The molecule has 4 fully saturated rings. The van der Waals surface area contributed by atoms with Crippen molar-refractivity contribution in [2.75, 3.05) is 7.11 Å². The molecule has 0 saturated heterocycles. The zero-order valence-electron chi connectivity index (χ0n) is 24.9. The standard InChI is InChI=1S/C33H51NO4S/c1-6-23-21-26-29-16-15-27(33(29,4)20-18-30(26)32(3)19-8-7-9-28(23)32)22(2)10-17-31(35)34-39(36,37)25-13-11-24(38-5)12-14-25/h11-14,22-23,26-30H,6-10,15-21H2,1-5H3,(H,34,35)/t22-,23+,26?,27-,28+,29?,30?,32+,33-/m1/s1. The molecule has 5 rings (SSSR count). The highest BCUT2D eigenvalue weighted by molar-refractivity contribution is 7.90. The minimum Gasteiger partial charge on any atom is -0.497 e. The van der Waals surface area contributed by atoms with Gasteiger partial charge in [0.05, 0.1) is 12.0 Å². The number of fused-ring (bicyclic) bond motifs is 5. The summed E-state index contributed by atoms with van der Waals surface area (Å²) in [6.07, 6.45) is 14.8. The van der Waals surface area contributed by atoms with Crippen LogP contribution in [0.3, 0.4) is 0 Å². The molecule has 0 radical (unpaired) electrons. The molecule has 0 bridgehead atoms. The lowest BCUT2D eigenvalue weighted by Gasteiger charge is -2.63. The Kier molecular flexibility index (Phi) is 8.18.